The summed E-state index contributed by atoms with van der Waals surface area (Å²) in [6, 6.07) is 13.4. The fourth-order valence-electron chi connectivity index (χ4n) is 4.62. The maximum Gasteiger partial charge on any atom is 0.263 e. The summed E-state index contributed by atoms with van der Waals surface area (Å²) in [5.41, 5.74) is -0.0569. The predicted octanol–water partition coefficient (Wildman–Crippen LogP) is 9.03. The van der Waals surface area contributed by atoms with Crippen molar-refractivity contribution in [1.82, 2.24) is 16.0 Å². The van der Waals surface area contributed by atoms with Crippen molar-refractivity contribution in [2.75, 3.05) is 26.2 Å². The number of hydrogen-bond acceptors (Lipinski definition) is 5. The van der Waals surface area contributed by atoms with E-state index < -0.39 is 5.60 Å². The molecule has 2 aromatic carbocycles. The van der Waals surface area contributed by atoms with Gasteiger partial charge in [0.1, 0.15) is 5.75 Å². The van der Waals surface area contributed by atoms with Gasteiger partial charge < -0.3 is 20.7 Å². The first-order chi connectivity index (χ1) is 24.7. The van der Waals surface area contributed by atoms with Crippen LogP contribution in [-0.4, -0.2) is 49.4 Å². The fourth-order valence-corrected chi connectivity index (χ4v) is 4.74. The quantitative estimate of drug-likeness (QED) is 0.0542. The Morgan fingerprint density at radius 2 is 1.08 bits per heavy atom. The molecule has 0 radical (unpaired) electrons. The lowest BCUT2D eigenvalue weighted by molar-refractivity contribution is -0.134. The summed E-state index contributed by atoms with van der Waals surface area (Å²) in [5, 5.41) is 9.57. The highest BCUT2D eigenvalue weighted by Gasteiger charge is 2.29. The van der Waals surface area contributed by atoms with Crippen LogP contribution in [0.4, 0.5) is 0 Å². The van der Waals surface area contributed by atoms with Gasteiger partial charge in [0.2, 0.25) is 5.91 Å². The Morgan fingerprint density at radius 3 is 1.59 bits per heavy atom. The first kappa shape index (κ1) is 42.7. The number of allylic oxidation sites excluding steroid dienone is 12. The van der Waals surface area contributed by atoms with Crippen LogP contribution in [0.2, 0.25) is 5.02 Å². The standard InChI is InChI=1S/C43H56ClN3O4/c1-4-5-6-7-8-9-10-11-12-13-14-15-16-17-18-19-20-21-22-23-40(48)46-34-32-45-33-35-47-42(50)43(2,3)51-39-30-26-37(27-31-39)41(49)36-24-28-38(44)29-25-36/h5-6,8-9,11-12,14-15,17-18,20-21,24-31,45H,4,7,10,13,16,19,22-23,32-35H2,1-3H3,(H,46,48)(H,47,50)/b6-5-,9-8-,12-11-,15-14-,18-17-,21-20-. The van der Waals surface area contributed by atoms with Gasteiger partial charge >= 0.3 is 0 Å². The molecule has 0 aliphatic rings. The molecular formula is C43H56ClN3O4. The Morgan fingerprint density at radius 1 is 0.627 bits per heavy atom. The van der Waals surface area contributed by atoms with E-state index in [0.29, 0.717) is 60.9 Å². The maximum atomic E-state index is 12.7. The van der Waals surface area contributed by atoms with Crippen molar-refractivity contribution in [1.29, 1.82) is 0 Å². The molecule has 0 aliphatic carbocycles. The molecule has 0 atom stereocenters. The summed E-state index contributed by atoms with van der Waals surface area (Å²) in [7, 11) is 0. The van der Waals surface area contributed by atoms with E-state index in [0.717, 1.165) is 38.5 Å². The van der Waals surface area contributed by atoms with E-state index in [1.54, 1.807) is 62.4 Å². The minimum atomic E-state index is -1.11. The fraction of sp³-hybridized carbons (Fsp3) is 0.372. The van der Waals surface area contributed by atoms with Gasteiger partial charge in [-0.05, 0) is 107 Å². The molecule has 0 saturated heterocycles. The lowest BCUT2D eigenvalue weighted by Gasteiger charge is -2.25. The average Bonchev–Trinajstić information content (AvgIpc) is 3.12. The van der Waals surface area contributed by atoms with Crippen molar-refractivity contribution in [3.8, 4) is 5.75 Å². The van der Waals surface area contributed by atoms with E-state index in [1.165, 1.54) is 0 Å². The number of halogens is 1. The van der Waals surface area contributed by atoms with Gasteiger partial charge in [-0.1, -0.05) is 91.4 Å². The van der Waals surface area contributed by atoms with Crippen LogP contribution in [0.1, 0.15) is 88.1 Å². The molecule has 0 heterocycles. The van der Waals surface area contributed by atoms with Crippen LogP contribution in [-0.2, 0) is 9.59 Å². The summed E-state index contributed by atoms with van der Waals surface area (Å²) in [6.07, 6.45) is 33.0. The van der Waals surface area contributed by atoms with E-state index in [4.69, 9.17) is 16.3 Å². The molecular weight excluding hydrogens is 658 g/mol. The first-order valence-corrected chi connectivity index (χ1v) is 18.4. The van der Waals surface area contributed by atoms with E-state index in [2.05, 4.69) is 89.7 Å². The van der Waals surface area contributed by atoms with Crippen molar-refractivity contribution in [2.45, 2.75) is 77.7 Å². The topological polar surface area (TPSA) is 96.5 Å². The van der Waals surface area contributed by atoms with E-state index >= 15 is 0 Å². The van der Waals surface area contributed by atoms with E-state index in [9.17, 15) is 14.4 Å². The minimum Gasteiger partial charge on any atom is -0.478 e. The number of ether oxygens (including phenoxy) is 1. The largest absolute Gasteiger partial charge is 0.478 e. The Kier molecular flexibility index (Phi) is 22.1. The minimum absolute atomic E-state index is 0.0194. The molecule has 0 unspecified atom stereocenters. The van der Waals surface area contributed by atoms with Gasteiger partial charge in [0.25, 0.3) is 5.91 Å². The molecule has 2 rings (SSSR count). The summed E-state index contributed by atoms with van der Waals surface area (Å²) in [6.45, 7) is 7.61. The lowest BCUT2D eigenvalue weighted by Crippen LogP contribution is -2.48. The summed E-state index contributed by atoms with van der Waals surface area (Å²) >= 11 is 5.91. The van der Waals surface area contributed by atoms with Crippen LogP contribution in [0.25, 0.3) is 0 Å². The average molecular weight is 714 g/mol. The SMILES string of the molecule is CC/C=C\C/C=C\C/C=C\C/C=C\C/C=C\C/C=C\CCC(=O)NCCNCCNC(=O)C(C)(C)Oc1ccc(C(=O)c2ccc(Cl)cc2)cc1. The van der Waals surface area contributed by atoms with Gasteiger partial charge in [-0.3, -0.25) is 14.4 Å². The summed E-state index contributed by atoms with van der Waals surface area (Å²) in [5.74, 6) is 0.125. The number of benzene rings is 2. The zero-order valence-electron chi connectivity index (χ0n) is 30.5. The molecule has 0 aromatic heterocycles. The monoisotopic (exact) mass is 713 g/mol. The Labute approximate surface area is 310 Å². The Balaban J connectivity index is 1.47. The third-order valence-corrected chi connectivity index (χ3v) is 7.74. The molecule has 7 nitrogen and oxygen atoms in total. The van der Waals surface area contributed by atoms with Gasteiger partial charge in [0.05, 0.1) is 0 Å². The molecule has 0 fully saturated rings. The molecule has 2 amide bonds. The molecule has 0 bridgehead atoms. The zero-order chi connectivity index (χ0) is 37.0. The number of rotatable bonds is 25. The maximum absolute atomic E-state index is 12.7. The van der Waals surface area contributed by atoms with Crippen molar-refractivity contribution in [2.24, 2.45) is 0 Å². The predicted molar refractivity (Wildman–Crippen MR) is 212 cm³/mol. The van der Waals surface area contributed by atoms with E-state index in [-0.39, 0.29) is 17.6 Å². The molecule has 0 saturated carbocycles. The molecule has 8 heteroatoms. The smallest absolute Gasteiger partial charge is 0.263 e. The van der Waals surface area contributed by atoms with Crippen molar-refractivity contribution in [3.63, 3.8) is 0 Å². The van der Waals surface area contributed by atoms with Gasteiger partial charge in [-0.2, -0.15) is 0 Å². The molecule has 51 heavy (non-hydrogen) atoms. The number of nitrogens with one attached hydrogen (secondary N) is 3. The summed E-state index contributed by atoms with van der Waals surface area (Å²) in [4.78, 5) is 37.5. The van der Waals surface area contributed by atoms with Gasteiger partial charge in [-0.25, -0.2) is 0 Å². The Bertz CT molecular complexity index is 1490. The highest BCUT2D eigenvalue weighted by molar-refractivity contribution is 6.30. The second kappa shape index (κ2) is 26.4. The normalized spacial score (nSPS) is 12.3. The third-order valence-electron chi connectivity index (χ3n) is 7.49. The highest BCUT2D eigenvalue weighted by atomic mass is 35.5. The number of carbonyl (C=O) groups excluding carboxylic acids is 3. The third kappa shape index (κ3) is 20.1. The van der Waals surface area contributed by atoms with Crippen LogP contribution in [0.3, 0.4) is 0 Å². The highest BCUT2D eigenvalue weighted by Crippen LogP contribution is 2.21. The molecule has 274 valence electrons. The van der Waals surface area contributed by atoms with E-state index in [1.807, 2.05) is 6.08 Å². The van der Waals surface area contributed by atoms with Crippen LogP contribution in [0.5, 0.6) is 5.75 Å². The van der Waals surface area contributed by atoms with Crippen molar-refractivity contribution >= 4 is 29.2 Å². The zero-order valence-corrected chi connectivity index (χ0v) is 31.3. The number of amides is 2. The molecule has 0 aliphatic heterocycles. The van der Waals surface area contributed by atoms with Gasteiger partial charge in [0, 0.05) is 48.7 Å². The first-order valence-electron chi connectivity index (χ1n) is 18.0. The van der Waals surface area contributed by atoms with Crippen molar-refractivity contribution < 1.29 is 19.1 Å². The second-order valence-electron chi connectivity index (χ2n) is 12.3. The molecule has 2 aromatic rings. The molecule has 0 spiro atoms. The van der Waals surface area contributed by atoms with Crippen LogP contribution in [0, 0.1) is 0 Å². The van der Waals surface area contributed by atoms with Crippen LogP contribution >= 0.6 is 11.6 Å². The summed E-state index contributed by atoms with van der Waals surface area (Å²) < 4.78 is 5.92. The second-order valence-corrected chi connectivity index (χ2v) is 12.7. The number of carbonyl (C=O) groups is 3. The van der Waals surface area contributed by atoms with Gasteiger partial charge in [0.15, 0.2) is 11.4 Å². The van der Waals surface area contributed by atoms with Crippen molar-refractivity contribution in [3.05, 3.63) is 138 Å². The van der Waals surface area contributed by atoms with Crippen LogP contribution < -0.4 is 20.7 Å². The lowest BCUT2D eigenvalue weighted by atomic mass is 10.0. The number of hydrogen-bond donors (Lipinski definition) is 3. The molecule has 3 N–H and O–H groups in total. The Hall–Kier alpha value is -4.46. The number of ketones is 1. The van der Waals surface area contributed by atoms with Gasteiger partial charge in [-0.15, -0.1) is 0 Å². The van der Waals surface area contributed by atoms with Crippen LogP contribution in [0.15, 0.2) is 121 Å².